The lowest BCUT2D eigenvalue weighted by molar-refractivity contribution is -0.291. The van der Waals surface area contributed by atoms with Crippen LogP contribution in [0.25, 0.3) is 0 Å². The van der Waals surface area contributed by atoms with E-state index in [4.69, 9.17) is 9.68 Å². The van der Waals surface area contributed by atoms with Crippen molar-refractivity contribution in [3.8, 4) is 0 Å². The summed E-state index contributed by atoms with van der Waals surface area (Å²) < 4.78 is 0. The van der Waals surface area contributed by atoms with Crippen molar-refractivity contribution < 1.29 is 9.68 Å². The van der Waals surface area contributed by atoms with Gasteiger partial charge in [0.25, 0.3) is 0 Å². The Labute approximate surface area is 97.1 Å². The van der Waals surface area contributed by atoms with Crippen LogP contribution in [0.2, 0.25) is 0 Å². The highest BCUT2D eigenvalue weighted by Gasteiger charge is 2.55. The van der Waals surface area contributed by atoms with Crippen molar-refractivity contribution in [2.24, 2.45) is 11.8 Å². The highest BCUT2D eigenvalue weighted by Crippen LogP contribution is 2.54. The maximum absolute atomic E-state index is 5.81. The summed E-state index contributed by atoms with van der Waals surface area (Å²) in [5, 5.41) is 0. The Morgan fingerprint density at radius 1 is 1.19 bits per heavy atom. The van der Waals surface area contributed by atoms with Crippen molar-refractivity contribution in [3.05, 3.63) is 12.2 Å². The van der Waals surface area contributed by atoms with E-state index in [9.17, 15) is 0 Å². The van der Waals surface area contributed by atoms with Gasteiger partial charge in [0.1, 0.15) is 0 Å². The van der Waals surface area contributed by atoms with E-state index in [2.05, 4.69) is 17.8 Å². The van der Waals surface area contributed by atoms with Crippen molar-refractivity contribution in [2.45, 2.75) is 50.5 Å². The smallest absolute Gasteiger partial charge is 0.0997 e. The Morgan fingerprint density at radius 3 is 3.06 bits per heavy atom. The maximum atomic E-state index is 5.81. The lowest BCUT2D eigenvalue weighted by atomic mass is 9.55. The van der Waals surface area contributed by atoms with E-state index in [0.29, 0.717) is 5.92 Å². The van der Waals surface area contributed by atoms with E-state index < -0.39 is 0 Å². The molecule has 4 aliphatic rings. The summed E-state index contributed by atoms with van der Waals surface area (Å²) in [5.74, 6) is 1.48. The van der Waals surface area contributed by atoms with E-state index in [1.165, 1.54) is 32.1 Å². The maximum Gasteiger partial charge on any atom is 0.0997 e. The van der Waals surface area contributed by atoms with Gasteiger partial charge in [-0.3, -0.25) is 9.68 Å². The molecule has 0 aromatic heterocycles. The molecule has 0 radical (unpaired) electrons. The summed E-state index contributed by atoms with van der Waals surface area (Å²) in [7, 11) is 0. The van der Waals surface area contributed by atoms with Crippen LogP contribution in [0.5, 0.6) is 0 Å². The van der Waals surface area contributed by atoms with Crippen LogP contribution in [-0.4, -0.2) is 12.2 Å². The molecule has 4 rings (SSSR count). The minimum absolute atomic E-state index is 0.0454. The quantitative estimate of drug-likeness (QED) is 0.640. The molecule has 3 heteroatoms. The fourth-order valence-corrected chi connectivity index (χ4v) is 3.48. The normalized spacial score (nSPS) is 44.0. The van der Waals surface area contributed by atoms with Gasteiger partial charge >= 0.3 is 0 Å². The highest BCUT2D eigenvalue weighted by atomic mass is 16.9. The van der Waals surface area contributed by atoms with Crippen molar-refractivity contribution in [1.82, 2.24) is 5.64 Å². The molecule has 1 saturated heterocycles. The SMILES string of the molecule is C1=CC2CC3(C1)ONOCCCCCCC23. The second-order valence-corrected chi connectivity index (χ2v) is 5.41. The van der Waals surface area contributed by atoms with Crippen molar-refractivity contribution >= 4 is 0 Å². The number of hydrogen-bond donors (Lipinski definition) is 1. The van der Waals surface area contributed by atoms with Crippen LogP contribution in [-0.2, 0) is 9.68 Å². The van der Waals surface area contributed by atoms with Crippen LogP contribution >= 0.6 is 0 Å². The molecular weight excluding hydrogens is 202 g/mol. The fourth-order valence-electron chi connectivity index (χ4n) is 3.48. The van der Waals surface area contributed by atoms with Gasteiger partial charge in [-0.1, -0.05) is 37.1 Å². The van der Waals surface area contributed by atoms with Crippen LogP contribution in [0.1, 0.15) is 44.9 Å². The van der Waals surface area contributed by atoms with Crippen LogP contribution in [0.15, 0.2) is 12.2 Å². The van der Waals surface area contributed by atoms with Gasteiger partial charge in [0.15, 0.2) is 0 Å². The van der Waals surface area contributed by atoms with Crippen molar-refractivity contribution in [3.63, 3.8) is 0 Å². The highest BCUT2D eigenvalue weighted by molar-refractivity contribution is 5.18. The summed E-state index contributed by atoms with van der Waals surface area (Å²) in [5.41, 5.74) is 2.77. The minimum atomic E-state index is 0.0454. The molecule has 3 unspecified atom stereocenters. The summed E-state index contributed by atoms with van der Waals surface area (Å²) in [6.45, 7) is 0.764. The van der Waals surface area contributed by atoms with Gasteiger partial charge in [-0.2, -0.15) is 0 Å². The standard InChI is InChI=1S/C13H21NO2/c1-2-4-9-15-14-16-13-8-5-6-11(10-13)12(13)7-3-1/h5-6,11-12,14H,1-4,7-10H2. The Morgan fingerprint density at radius 2 is 2.12 bits per heavy atom. The molecule has 3 atom stereocenters. The Kier molecular flexibility index (Phi) is 3.01. The van der Waals surface area contributed by atoms with Crippen LogP contribution in [0.4, 0.5) is 0 Å². The first-order valence-corrected chi connectivity index (χ1v) is 6.62. The van der Waals surface area contributed by atoms with Gasteiger partial charge in [-0.15, -0.1) is 0 Å². The molecule has 3 nitrogen and oxygen atoms in total. The molecular formula is C13H21NO2. The zero-order chi connectivity index (χ0) is 10.8. The zero-order valence-electron chi connectivity index (χ0n) is 9.78. The molecule has 3 aliphatic carbocycles. The number of hydrogen-bond acceptors (Lipinski definition) is 3. The van der Waals surface area contributed by atoms with E-state index in [1.54, 1.807) is 0 Å². The van der Waals surface area contributed by atoms with Crippen molar-refractivity contribution in [2.75, 3.05) is 6.61 Å². The Bertz CT molecular complexity index is 279. The van der Waals surface area contributed by atoms with Gasteiger partial charge in [0, 0.05) is 0 Å². The van der Waals surface area contributed by atoms with E-state index in [0.717, 1.165) is 25.4 Å². The average Bonchev–Trinajstić information content (AvgIpc) is 2.34. The second kappa shape index (κ2) is 4.47. The molecule has 0 amide bonds. The van der Waals surface area contributed by atoms with Gasteiger partial charge in [-0.25, -0.2) is 0 Å². The predicted octanol–water partition coefficient (Wildman–Crippen LogP) is 2.74. The molecule has 1 heterocycles. The first kappa shape index (κ1) is 10.8. The van der Waals surface area contributed by atoms with Crippen LogP contribution < -0.4 is 5.64 Å². The second-order valence-electron chi connectivity index (χ2n) is 5.41. The summed E-state index contributed by atoms with van der Waals surface area (Å²) >= 11 is 0. The number of nitrogens with one attached hydrogen (secondary N) is 1. The number of fused-ring (bicyclic) bond motifs is 1. The lowest BCUT2D eigenvalue weighted by Gasteiger charge is -2.55. The molecule has 1 saturated carbocycles. The molecule has 1 aliphatic heterocycles. The number of rotatable bonds is 0. The molecule has 2 fully saturated rings. The topological polar surface area (TPSA) is 30.5 Å². The first-order chi connectivity index (χ1) is 7.91. The molecule has 0 aromatic carbocycles. The van der Waals surface area contributed by atoms with E-state index in [1.807, 2.05) is 0 Å². The van der Waals surface area contributed by atoms with Crippen molar-refractivity contribution in [1.29, 1.82) is 0 Å². The average molecular weight is 223 g/mol. The molecule has 1 N–H and O–H groups in total. The number of allylic oxidation sites excluding steroid dienone is 1. The molecule has 1 spiro atoms. The third-order valence-corrected chi connectivity index (χ3v) is 4.44. The zero-order valence-corrected chi connectivity index (χ0v) is 9.78. The summed E-state index contributed by atoms with van der Waals surface area (Å²) in [6.07, 6.45) is 13.3. The lowest BCUT2D eigenvalue weighted by Crippen LogP contribution is -2.58. The molecule has 0 aromatic rings. The fraction of sp³-hybridized carbons (Fsp3) is 0.846. The van der Waals surface area contributed by atoms with Gasteiger partial charge in [0.2, 0.25) is 0 Å². The predicted molar refractivity (Wildman–Crippen MR) is 61.3 cm³/mol. The van der Waals surface area contributed by atoms with E-state index >= 15 is 0 Å². The van der Waals surface area contributed by atoms with E-state index in [-0.39, 0.29) is 5.60 Å². The van der Waals surface area contributed by atoms with Gasteiger partial charge in [0.05, 0.1) is 12.2 Å². The third kappa shape index (κ3) is 1.81. The molecule has 2 bridgehead atoms. The first-order valence-electron chi connectivity index (χ1n) is 6.62. The third-order valence-electron chi connectivity index (χ3n) is 4.44. The van der Waals surface area contributed by atoms with Crippen LogP contribution in [0, 0.1) is 11.8 Å². The monoisotopic (exact) mass is 223 g/mol. The molecule has 16 heavy (non-hydrogen) atoms. The summed E-state index contributed by atoms with van der Waals surface area (Å²) in [6, 6.07) is 0. The Hall–Kier alpha value is -0.380. The summed E-state index contributed by atoms with van der Waals surface area (Å²) in [4.78, 5) is 11.1. The van der Waals surface area contributed by atoms with Gasteiger partial charge < -0.3 is 0 Å². The van der Waals surface area contributed by atoms with Gasteiger partial charge in [-0.05, 0) is 37.5 Å². The van der Waals surface area contributed by atoms with Crippen LogP contribution in [0.3, 0.4) is 0 Å². The Balaban J connectivity index is 1.68. The molecule has 90 valence electrons. The largest absolute Gasteiger partial charge is 0.277 e. The minimum Gasteiger partial charge on any atom is -0.277 e.